The molecule has 0 spiro atoms. The molecule has 29 heavy (non-hydrogen) atoms. The lowest BCUT2D eigenvalue weighted by Crippen LogP contribution is -2.23. The van der Waals surface area contributed by atoms with Gasteiger partial charge in [-0.05, 0) is 36.2 Å². The quantitative estimate of drug-likeness (QED) is 0.548. The van der Waals surface area contributed by atoms with Gasteiger partial charge in [-0.3, -0.25) is 9.59 Å². The van der Waals surface area contributed by atoms with Crippen LogP contribution in [0.5, 0.6) is 0 Å². The van der Waals surface area contributed by atoms with Crippen LogP contribution in [0, 0.1) is 5.82 Å². The monoisotopic (exact) mass is 414 g/mol. The van der Waals surface area contributed by atoms with Crippen molar-refractivity contribution in [2.75, 3.05) is 11.1 Å². The number of hydrogen-bond donors (Lipinski definition) is 2. The predicted molar refractivity (Wildman–Crippen MR) is 107 cm³/mol. The lowest BCUT2D eigenvalue weighted by atomic mass is 10.1. The third-order valence-corrected chi connectivity index (χ3v) is 4.76. The highest BCUT2D eigenvalue weighted by molar-refractivity contribution is 7.99. The van der Waals surface area contributed by atoms with Crippen molar-refractivity contribution in [2.24, 2.45) is 0 Å². The molecule has 0 saturated carbocycles. The zero-order valence-corrected chi connectivity index (χ0v) is 16.5. The molecule has 0 aliphatic carbocycles. The highest BCUT2D eigenvalue weighted by Gasteiger charge is 2.13. The van der Waals surface area contributed by atoms with Crippen LogP contribution in [0.3, 0.4) is 0 Å². The number of nitrogens with one attached hydrogen (secondary N) is 2. The molecular weight excluding hydrogens is 395 g/mol. The minimum atomic E-state index is -0.609. The number of halogens is 1. The topological polar surface area (TPSA) is 97.1 Å². The van der Waals surface area contributed by atoms with E-state index in [9.17, 15) is 14.0 Å². The zero-order chi connectivity index (χ0) is 20.6. The first-order valence-corrected chi connectivity index (χ1v) is 9.90. The molecule has 1 aromatic heterocycles. The van der Waals surface area contributed by atoms with Crippen LogP contribution in [-0.2, 0) is 17.8 Å². The van der Waals surface area contributed by atoms with Crippen LogP contribution in [0.25, 0.3) is 0 Å². The maximum absolute atomic E-state index is 13.6. The van der Waals surface area contributed by atoms with Crippen LogP contribution in [0.4, 0.5) is 10.1 Å². The second-order valence-corrected chi connectivity index (χ2v) is 6.94. The molecule has 0 unspecified atom stereocenters. The van der Waals surface area contributed by atoms with Crippen LogP contribution in [-0.4, -0.2) is 27.8 Å². The average Bonchev–Trinajstić information content (AvgIpc) is 3.19. The first-order chi connectivity index (χ1) is 14.0. The fourth-order valence-electron chi connectivity index (χ4n) is 2.41. The van der Waals surface area contributed by atoms with Gasteiger partial charge in [0.15, 0.2) is 0 Å². The Morgan fingerprint density at radius 3 is 2.59 bits per heavy atom. The molecule has 0 aliphatic rings. The van der Waals surface area contributed by atoms with E-state index in [2.05, 4.69) is 27.8 Å². The van der Waals surface area contributed by atoms with E-state index >= 15 is 0 Å². The highest BCUT2D eigenvalue weighted by atomic mass is 32.2. The average molecular weight is 414 g/mol. The number of aryl methyl sites for hydroxylation is 1. The molecule has 3 rings (SSSR count). The van der Waals surface area contributed by atoms with Crippen LogP contribution >= 0.6 is 11.8 Å². The number of hydrogen-bond acceptors (Lipinski definition) is 6. The third-order valence-electron chi connectivity index (χ3n) is 3.94. The molecular formula is C20H19FN4O3S. The zero-order valence-electron chi connectivity index (χ0n) is 15.6. The number of anilines is 1. The maximum Gasteiger partial charge on any atom is 0.277 e. The minimum absolute atomic E-state index is 0.0449. The van der Waals surface area contributed by atoms with Crippen molar-refractivity contribution in [3.8, 4) is 0 Å². The number of rotatable bonds is 8. The first kappa shape index (κ1) is 20.5. The van der Waals surface area contributed by atoms with Gasteiger partial charge in [0.25, 0.3) is 11.1 Å². The summed E-state index contributed by atoms with van der Waals surface area (Å²) in [7, 11) is 0. The third kappa shape index (κ3) is 5.89. The maximum atomic E-state index is 13.6. The van der Waals surface area contributed by atoms with Crippen LogP contribution < -0.4 is 10.6 Å². The Morgan fingerprint density at radius 1 is 1.10 bits per heavy atom. The molecule has 1 heterocycles. The molecule has 9 heteroatoms. The molecule has 0 bridgehead atoms. The fraction of sp³-hybridized carbons (Fsp3) is 0.200. The summed E-state index contributed by atoms with van der Waals surface area (Å²) in [6, 6.07) is 13.3. The molecule has 2 aromatic carbocycles. The van der Waals surface area contributed by atoms with E-state index in [1.54, 1.807) is 6.07 Å². The van der Waals surface area contributed by atoms with Crippen LogP contribution in [0.2, 0.25) is 0 Å². The predicted octanol–water partition coefficient (Wildman–Crippen LogP) is 3.43. The Labute approximate surface area is 171 Å². The van der Waals surface area contributed by atoms with Crippen molar-refractivity contribution in [3.05, 3.63) is 71.4 Å². The number of aromatic nitrogens is 2. The Bertz CT molecular complexity index is 991. The minimum Gasteiger partial charge on any atom is -0.414 e. The van der Waals surface area contributed by atoms with Gasteiger partial charge in [0, 0.05) is 5.69 Å². The standard InChI is InChI=1S/C20H19FN4O3S/c1-2-13-7-9-14(10-8-13)23-17(26)12-29-20-25-24-18(28-20)11-22-19(27)15-5-3-4-6-16(15)21/h3-10H,2,11-12H2,1H3,(H,22,27)(H,23,26). The largest absolute Gasteiger partial charge is 0.414 e. The summed E-state index contributed by atoms with van der Waals surface area (Å²) in [5.74, 6) is -1.13. The van der Waals surface area contributed by atoms with E-state index in [1.807, 2.05) is 24.3 Å². The second kappa shape index (κ2) is 9.83. The number of carbonyl (C=O) groups excluding carboxylic acids is 2. The van der Waals surface area contributed by atoms with E-state index < -0.39 is 11.7 Å². The van der Waals surface area contributed by atoms with E-state index in [1.165, 1.54) is 23.8 Å². The van der Waals surface area contributed by atoms with Gasteiger partial charge in [-0.25, -0.2) is 4.39 Å². The normalized spacial score (nSPS) is 10.6. The molecule has 0 saturated heterocycles. The summed E-state index contributed by atoms with van der Waals surface area (Å²) < 4.78 is 19.0. The summed E-state index contributed by atoms with van der Waals surface area (Å²) in [5.41, 5.74) is 1.85. The van der Waals surface area contributed by atoms with Crippen molar-refractivity contribution in [1.29, 1.82) is 0 Å². The van der Waals surface area contributed by atoms with Crippen molar-refractivity contribution in [3.63, 3.8) is 0 Å². The van der Waals surface area contributed by atoms with Gasteiger partial charge in [-0.15, -0.1) is 10.2 Å². The molecule has 3 aromatic rings. The number of thioether (sulfide) groups is 1. The van der Waals surface area contributed by atoms with E-state index in [-0.39, 0.29) is 34.9 Å². The number of benzene rings is 2. The van der Waals surface area contributed by atoms with Gasteiger partial charge < -0.3 is 15.1 Å². The molecule has 0 fully saturated rings. The molecule has 7 nitrogen and oxygen atoms in total. The highest BCUT2D eigenvalue weighted by Crippen LogP contribution is 2.17. The first-order valence-electron chi connectivity index (χ1n) is 8.92. The van der Waals surface area contributed by atoms with Crippen molar-refractivity contribution < 1.29 is 18.4 Å². The Balaban J connectivity index is 1.45. The van der Waals surface area contributed by atoms with Gasteiger partial charge >= 0.3 is 0 Å². The number of amides is 2. The summed E-state index contributed by atoms with van der Waals surface area (Å²) in [6.07, 6.45) is 0.935. The molecule has 2 amide bonds. The van der Waals surface area contributed by atoms with Crippen LogP contribution in [0.15, 0.2) is 58.2 Å². The van der Waals surface area contributed by atoms with Gasteiger partial charge in [0.1, 0.15) is 5.82 Å². The van der Waals surface area contributed by atoms with Crippen LogP contribution in [0.1, 0.15) is 28.7 Å². The van der Waals surface area contributed by atoms with Crippen molar-refractivity contribution in [2.45, 2.75) is 25.1 Å². The van der Waals surface area contributed by atoms with Crippen molar-refractivity contribution in [1.82, 2.24) is 15.5 Å². The van der Waals surface area contributed by atoms with Gasteiger partial charge in [-0.2, -0.15) is 0 Å². The molecule has 2 N–H and O–H groups in total. The second-order valence-electron chi connectivity index (χ2n) is 6.01. The van der Waals surface area contributed by atoms with Gasteiger partial charge in [-0.1, -0.05) is 43.0 Å². The summed E-state index contributed by atoms with van der Waals surface area (Å²) in [4.78, 5) is 24.0. The Morgan fingerprint density at radius 2 is 1.86 bits per heavy atom. The van der Waals surface area contributed by atoms with Gasteiger partial charge in [0.05, 0.1) is 17.9 Å². The van der Waals surface area contributed by atoms with Gasteiger partial charge in [0.2, 0.25) is 11.8 Å². The van der Waals surface area contributed by atoms with E-state index in [4.69, 9.17) is 4.42 Å². The lowest BCUT2D eigenvalue weighted by molar-refractivity contribution is -0.113. The summed E-state index contributed by atoms with van der Waals surface area (Å²) >= 11 is 1.08. The summed E-state index contributed by atoms with van der Waals surface area (Å²) in [5, 5.41) is 13.1. The van der Waals surface area contributed by atoms with E-state index in [0.717, 1.165) is 23.9 Å². The molecule has 0 radical (unpaired) electrons. The smallest absolute Gasteiger partial charge is 0.277 e. The molecule has 0 atom stereocenters. The van der Waals surface area contributed by atoms with E-state index in [0.29, 0.717) is 0 Å². The fourth-order valence-corrected chi connectivity index (χ4v) is 2.99. The SMILES string of the molecule is CCc1ccc(NC(=O)CSc2nnc(CNC(=O)c3ccccc3F)o2)cc1. The molecule has 150 valence electrons. The number of nitrogens with zero attached hydrogens (tertiary/aromatic N) is 2. The molecule has 0 aliphatic heterocycles. The lowest BCUT2D eigenvalue weighted by Gasteiger charge is -2.05. The Hall–Kier alpha value is -3.20. The van der Waals surface area contributed by atoms with Crippen molar-refractivity contribution >= 4 is 29.3 Å². The summed E-state index contributed by atoms with van der Waals surface area (Å²) in [6.45, 7) is 2.02. The number of carbonyl (C=O) groups is 2. The Kier molecular flexibility index (Phi) is 6.96.